The lowest BCUT2D eigenvalue weighted by molar-refractivity contribution is -0.126. The molecule has 1 N–H and O–H groups in total. The monoisotopic (exact) mass is 343 g/mol. The summed E-state index contributed by atoms with van der Waals surface area (Å²) < 4.78 is 0. The lowest BCUT2D eigenvalue weighted by Crippen LogP contribution is -2.45. The Morgan fingerprint density at radius 2 is 1.92 bits per heavy atom. The maximum Gasteiger partial charge on any atom is 0.326 e. The summed E-state index contributed by atoms with van der Waals surface area (Å²) in [5.41, 5.74) is 1.36. The van der Waals surface area contributed by atoms with Gasteiger partial charge in [0.2, 0.25) is 11.8 Å². The Labute approximate surface area is 148 Å². The van der Waals surface area contributed by atoms with E-state index in [1.165, 1.54) is 21.8 Å². The van der Waals surface area contributed by atoms with Crippen LogP contribution in [-0.2, 0) is 15.0 Å². The van der Waals surface area contributed by atoms with Crippen molar-refractivity contribution in [3.8, 4) is 0 Å². The van der Waals surface area contributed by atoms with Crippen LogP contribution in [0.5, 0.6) is 0 Å². The summed E-state index contributed by atoms with van der Waals surface area (Å²) in [6, 6.07) is 10.1. The van der Waals surface area contributed by atoms with Crippen molar-refractivity contribution >= 4 is 17.8 Å². The van der Waals surface area contributed by atoms with Crippen molar-refractivity contribution in [1.82, 2.24) is 15.1 Å². The molecule has 2 aliphatic rings. The number of likely N-dealkylation sites (N-methyl/N-ethyl adjacent to an activating group) is 1. The molecule has 1 aromatic carbocycles. The van der Waals surface area contributed by atoms with Crippen molar-refractivity contribution in [3.05, 3.63) is 35.9 Å². The van der Waals surface area contributed by atoms with Crippen molar-refractivity contribution in [2.24, 2.45) is 0 Å². The van der Waals surface area contributed by atoms with Crippen LogP contribution in [0.15, 0.2) is 30.3 Å². The summed E-state index contributed by atoms with van der Waals surface area (Å²) >= 11 is 0. The molecule has 1 aliphatic heterocycles. The van der Waals surface area contributed by atoms with E-state index in [0.717, 1.165) is 12.8 Å². The number of nitrogens with zero attached hydrogens (tertiary/aromatic N) is 2. The van der Waals surface area contributed by atoms with E-state index in [9.17, 15) is 14.4 Å². The minimum absolute atomic E-state index is 0.0188. The minimum atomic E-state index is -0.275. The lowest BCUT2D eigenvalue weighted by atomic mass is 9.64. The van der Waals surface area contributed by atoms with Gasteiger partial charge in [-0.2, -0.15) is 0 Å². The molecule has 134 valence electrons. The van der Waals surface area contributed by atoms with Crippen molar-refractivity contribution in [3.63, 3.8) is 0 Å². The SMILES string of the molecule is CN1CC(=O)N(CCCC(=O)NCC2(c3ccccc3)CCC2)C1=O. The van der Waals surface area contributed by atoms with Crippen molar-refractivity contribution in [2.75, 3.05) is 26.7 Å². The molecule has 1 aromatic rings. The van der Waals surface area contributed by atoms with Crippen LogP contribution < -0.4 is 5.32 Å². The van der Waals surface area contributed by atoms with Gasteiger partial charge >= 0.3 is 6.03 Å². The van der Waals surface area contributed by atoms with E-state index in [1.807, 2.05) is 18.2 Å². The molecule has 6 heteroatoms. The van der Waals surface area contributed by atoms with Crippen LogP contribution in [0.4, 0.5) is 4.79 Å². The zero-order valence-electron chi connectivity index (χ0n) is 14.7. The highest BCUT2D eigenvalue weighted by Crippen LogP contribution is 2.43. The minimum Gasteiger partial charge on any atom is -0.355 e. The molecular weight excluding hydrogens is 318 g/mol. The number of hydrogen-bond acceptors (Lipinski definition) is 3. The van der Waals surface area contributed by atoms with E-state index in [2.05, 4.69) is 17.4 Å². The van der Waals surface area contributed by atoms with Gasteiger partial charge in [-0.1, -0.05) is 36.8 Å². The summed E-state index contributed by atoms with van der Waals surface area (Å²) in [4.78, 5) is 38.2. The number of hydrogen-bond donors (Lipinski definition) is 1. The Hall–Kier alpha value is -2.37. The van der Waals surface area contributed by atoms with Gasteiger partial charge in [-0.25, -0.2) is 4.79 Å². The van der Waals surface area contributed by atoms with Crippen LogP contribution in [0, 0.1) is 0 Å². The van der Waals surface area contributed by atoms with Gasteiger partial charge in [-0.3, -0.25) is 14.5 Å². The molecule has 1 saturated carbocycles. The summed E-state index contributed by atoms with van der Waals surface area (Å²) in [5.74, 6) is -0.208. The first-order valence-electron chi connectivity index (χ1n) is 8.89. The highest BCUT2D eigenvalue weighted by Gasteiger charge is 2.38. The first-order valence-corrected chi connectivity index (χ1v) is 8.89. The standard InChI is InChI=1S/C19H25N3O3/c1-21-13-17(24)22(18(21)25)12-5-9-16(23)20-14-19(10-6-11-19)15-7-3-2-4-8-15/h2-4,7-8H,5-6,9-14H2,1H3,(H,20,23). The summed E-state index contributed by atoms with van der Waals surface area (Å²) in [5, 5.41) is 3.04. The zero-order valence-corrected chi connectivity index (χ0v) is 14.7. The molecule has 0 radical (unpaired) electrons. The number of urea groups is 1. The average molecular weight is 343 g/mol. The van der Waals surface area contributed by atoms with Gasteiger partial charge in [0.15, 0.2) is 0 Å². The number of imide groups is 1. The van der Waals surface area contributed by atoms with Crippen molar-refractivity contribution in [1.29, 1.82) is 0 Å². The van der Waals surface area contributed by atoms with E-state index < -0.39 is 0 Å². The Morgan fingerprint density at radius 1 is 1.20 bits per heavy atom. The normalized spacial score (nSPS) is 19.1. The number of benzene rings is 1. The molecule has 0 bridgehead atoms. The topological polar surface area (TPSA) is 69.7 Å². The first-order chi connectivity index (χ1) is 12.0. The molecule has 1 heterocycles. The second kappa shape index (κ2) is 7.25. The number of nitrogens with one attached hydrogen (secondary N) is 1. The summed E-state index contributed by atoms with van der Waals surface area (Å²) in [7, 11) is 1.61. The van der Waals surface area contributed by atoms with Crippen LogP contribution in [-0.4, -0.2) is 54.3 Å². The van der Waals surface area contributed by atoms with Gasteiger partial charge < -0.3 is 10.2 Å². The van der Waals surface area contributed by atoms with Crippen LogP contribution in [0.1, 0.15) is 37.7 Å². The van der Waals surface area contributed by atoms with Crippen LogP contribution in [0.2, 0.25) is 0 Å². The van der Waals surface area contributed by atoms with Gasteiger partial charge in [0.25, 0.3) is 0 Å². The third-order valence-corrected chi connectivity index (χ3v) is 5.34. The Bertz CT molecular complexity index is 655. The molecule has 6 nitrogen and oxygen atoms in total. The van der Waals surface area contributed by atoms with Gasteiger partial charge in [-0.15, -0.1) is 0 Å². The van der Waals surface area contributed by atoms with Crippen LogP contribution >= 0.6 is 0 Å². The Kier molecular flexibility index (Phi) is 5.06. The van der Waals surface area contributed by atoms with E-state index in [1.54, 1.807) is 7.05 Å². The van der Waals surface area contributed by atoms with E-state index >= 15 is 0 Å². The molecule has 0 atom stereocenters. The van der Waals surface area contributed by atoms with Gasteiger partial charge in [0.05, 0.1) is 0 Å². The molecule has 0 aromatic heterocycles. The van der Waals surface area contributed by atoms with Gasteiger partial charge in [0, 0.05) is 32.0 Å². The van der Waals surface area contributed by atoms with Crippen molar-refractivity contribution in [2.45, 2.75) is 37.5 Å². The first kappa shape index (κ1) is 17.5. The molecule has 1 aliphatic carbocycles. The summed E-state index contributed by atoms with van der Waals surface area (Å²) in [6.45, 7) is 1.09. The van der Waals surface area contributed by atoms with E-state index in [-0.39, 0.29) is 29.8 Å². The fraction of sp³-hybridized carbons (Fsp3) is 0.526. The quantitative estimate of drug-likeness (QED) is 0.769. The number of amides is 4. The molecule has 3 rings (SSSR count). The van der Waals surface area contributed by atoms with Crippen molar-refractivity contribution < 1.29 is 14.4 Å². The maximum absolute atomic E-state index is 12.2. The fourth-order valence-corrected chi connectivity index (χ4v) is 3.61. The number of rotatable bonds is 7. The molecule has 1 saturated heterocycles. The molecule has 0 unspecified atom stereocenters. The van der Waals surface area contributed by atoms with E-state index in [4.69, 9.17) is 0 Å². The summed E-state index contributed by atoms with van der Waals surface area (Å²) in [6.07, 6.45) is 4.21. The lowest BCUT2D eigenvalue weighted by Gasteiger charge is -2.42. The Morgan fingerprint density at radius 3 is 2.48 bits per heavy atom. The third kappa shape index (κ3) is 3.67. The molecule has 25 heavy (non-hydrogen) atoms. The zero-order chi connectivity index (χ0) is 17.9. The predicted molar refractivity (Wildman–Crippen MR) is 94.0 cm³/mol. The second-order valence-electron chi connectivity index (χ2n) is 7.06. The Balaban J connectivity index is 1.44. The number of carbonyl (C=O) groups is 3. The van der Waals surface area contributed by atoms with E-state index in [0.29, 0.717) is 25.9 Å². The molecular formula is C19H25N3O3. The molecule has 0 spiro atoms. The highest BCUT2D eigenvalue weighted by atomic mass is 16.2. The smallest absolute Gasteiger partial charge is 0.326 e. The van der Waals surface area contributed by atoms with Crippen LogP contribution in [0.25, 0.3) is 0 Å². The van der Waals surface area contributed by atoms with Crippen LogP contribution in [0.3, 0.4) is 0 Å². The second-order valence-corrected chi connectivity index (χ2v) is 7.06. The molecule has 2 fully saturated rings. The highest BCUT2D eigenvalue weighted by molar-refractivity contribution is 6.01. The maximum atomic E-state index is 12.2. The fourth-order valence-electron chi connectivity index (χ4n) is 3.61. The predicted octanol–water partition coefficient (Wildman–Crippen LogP) is 1.90. The average Bonchev–Trinajstić information content (AvgIpc) is 2.81. The van der Waals surface area contributed by atoms with Gasteiger partial charge in [-0.05, 0) is 24.8 Å². The molecule has 4 amide bonds. The van der Waals surface area contributed by atoms with Gasteiger partial charge in [0.1, 0.15) is 6.54 Å². The largest absolute Gasteiger partial charge is 0.355 e. The third-order valence-electron chi connectivity index (χ3n) is 5.34. The number of carbonyl (C=O) groups excluding carboxylic acids is 3.